The number of amides is 1. The molecule has 0 aromatic heterocycles. The number of carbonyl (C=O) groups excluding carboxylic acids is 1. The molecule has 1 aliphatic carbocycles. The number of hydrogen-bond donors (Lipinski definition) is 1. The summed E-state index contributed by atoms with van der Waals surface area (Å²) in [4.78, 5) is 14.4. The third-order valence-electron chi connectivity index (χ3n) is 4.87. The molecule has 1 saturated carbocycles. The summed E-state index contributed by atoms with van der Waals surface area (Å²) in [5, 5.41) is 9.79. The smallest absolute Gasteiger partial charge is 0.225 e. The fraction of sp³-hybridized carbons (Fsp3) is 0.650. The fourth-order valence-corrected chi connectivity index (χ4v) is 3.34. The summed E-state index contributed by atoms with van der Waals surface area (Å²) in [6.07, 6.45) is 5.41. The van der Waals surface area contributed by atoms with Gasteiger partial charge in [-0.2, -0.15) is 0 Å². The first-order valence-electron chi connectivity index (χ1n) is 9.42. The van der Waals surface area contributed by atoms with Gasteiger partial charge in [0.25, 0.3) is 0 Å². The Morgan fingerprint density at radius 1 is 1.23 bits per heavy atom. The van der Waals surface area contributed by atoms with Gasteiger partial charge in [0.2, 0.25) is 5.91 Å². The van der Waals surface area contributed by atoms with Gasteiger partial charge in [0.05, 0.1) is 26.2 Å². The van der Waals surface area contributed by atoms with Crippen molar-refractivity contribution in [2.45, 2.75) is 57.3 Å². The van der Waals surface area contributed by atoms with E-state index in [4.69, 9.17) is 9.47 Å². The highest BCUT2D eigenvalue weighted by Crippen LogP contribution is 2.23. The third kappa shape index (κ3) is 7.02. The van der Waals surface area contributed by atoms with Crippen LogP contribution in [0.2, 0.25) is 0 Å². The number of hydrogen-bond acceptors (Lipinski definition) is 4. The van der Waals surface area contributed by atoms with Gasteiger partial charge in [0, 0.05) is 13.2 Å². The SMILES string of the molecule is COC(O)CN(C(=O)CCOCCc1ccc(F)cc1)C1CCCCC1. The van der Waals surface area contributed by atoms with Gasteiger partial charge in [-0.1, -0.05) is 31.4 Å². The van der Waals surface area contributed by atoms with Crippen molar-refractivity contribution < 1.29 is 23.8 Å². The highest BCUT2D eigenvalue weighted by molar-refractivity contribution is 5.76. The third-order valence-corrected chi connectivity index (χ3v) is 4.87. The van der Waals surface area contributed by atoms with Crippen molar-refractivity contribution in [1.82, 2.24) is 4.90 Å². The van der Waals surface area contributed by atoms with E-state index in [1.54, 1.807) is 17.0 Å². The Morgan fingerprint density at radius 2 is 1.92 bits per heavy atom. The molecule has 0 aliphatic heterocycles. The summed E-state index contributed by atoms with van der Waals surface area (Å²) in [5.74, 6) is -0.254. The molecule has 1 aromatic carbocycles. The van der Waals surface area contributed by atoms with Crippen LogP contribution in [-0.4, -0.2) is 55.1 Å². The van der Waals surface area contributed by atoms with Crippen LogP contribution in [0.25, 0.3) is 0 Å². The maximum absolute atomic E-state index is 12.9. The van der Waals surface area contributed by atoms with Crippen LogP contribution in [0.4, 0.5) is 4.39 Å². The average molecular weight is 367 g/mol. The molecule has 1 fully saturated rings. The van der Waals surface area contributed by atoms with Crippen molar-refractivity contribution in [3.05, 3.63) is 35.6 Å². The quantitative estimate of drug-likeness (QED) is 0.510. The Kier molecular flexibility index (Phi) is 9.01. The first kappa shape index (κ1) is 20.8. The molecule has 1 atom stereocenters. The van der Waals surface area contributed by atoms with Gasteiger partial charge in [-0.05, 0) is 37.0 Å². The molecule has 0 heterocycles. The minimum Gasteiger partial charge on any atom is -0.381 e. The van der Waals surface area contributed by atoms with E-state index in [0.29, 0.717) is 19.6 Å². The lowest BCUT2D eigenvalue weighted by atomic mass is 9.94. The largest absolute Gasteiger partial charge is 0.381 e. The minimum absolute atomic E-state index is 0.00483. The molecule has 1 aromatic rings. The van der Waals surface area contributed by atoms with E-state index in [1.165, 1.54) is 25.7 Å². The highest BCUT2D eigenvalue weighted by atomic mass is 19.1. The number of ether oxygens (including phenoxy) is 2. The molecule has 1 N–H and O–H groups in total. The second-order valence-electron chi connectivity index (χ2n) is 6.77. The maximum atomic E-state index is 12.9. The molecule has 0 spiro atoms. The summed E-state index contributed by atoms with van der Waals surface area (Å²) in [5.41, 5.74) is 1.00. The molecule has 5 nitrogen and oxygen atoms in total. The molecule has 0 radical (unpaired) electrons. The van der Waals surface area contributed by atoms with Crippen LogP contribution in [-0.2, 0) is 20.7 Å². The van der Waals surface area contributed by atoms with Gasteiger partial charge >= 0.3 is 0 Å². The van der Waals surface area contributed by atoms with Crippen molar-refractivity contribution in [3.63, 3.8) is 0 Å². The van der Waals surface area contributed by atoms with E-state index < -0.39 is 6.29 Å². The Bertz CT molecular complexity index is 531. The zero-order chi connectivity index (χ0) is 18.8. The molecule has 1 aliphatic rings. The van der Waals surface area contributed by atoms with Crippen LogP contribution in [0.15, 0.2) is 24.3 Å². The van der Waals surface area contributed by atoms with E-state index in [-0.39, 0.29) is 30.7 Å². The van der Waals surface area contributed by atoms with Crippen molar-refractivity contribution in [2.75, 3.05) is 26.9 Å². The lowest BCUT2D eigenvalue weighted by Gasteiger charge is -2.35. The highest BCUT2D eigenvalue weighted by Gasteiger charge is 2.26. The molecule has 0 bridgehead atoms. The van der Waals surface area contributed by atoms with Gasteiger partial charge in [-0.15, -0.1) is 0 Å². The molecule has 0 saturated heterocycles. The molecule has 26 heavy (non-hydrogen) atoms. The van der Waals surface area contributed by atoms with E-state index in [2.05, 4.69) is 0 Å². The summed E-state index contributed by atoms with van der Waals surface area (Å²) in [6, 6.07) is 6.52. The second-order valence-corrected chi connectivity index (χ2v) is 6.77. The average Bonchev–Trinajstić information content (AvgIpc) is 2.67. The van der Waals surface area contributed by atoms with Gasteiger partial charge in [-0.25, -0.2) is 4.39 Å². The number of benzene rings is 1. The Labute approximate surface area is 155 Å². The molecule has 2 rings (SSSR count). The number of aliphatic hydroxyl groups excluding tert-OH is 1. The summed E-state index contributed by atoms with van der Waals surface area (Å²) < 4.78 is 23.4. The van der Waals surface area contributed by atoms with Gasteiger partial charge in [0.15, 0.2) is 6.29 Å². The Balaban J connectivity index is 1.73. The van der Waals surface area contributed by atoms with E-state index >= 15 is 0 Å². The van der Waals surface area contributed by atoms with Crippen LogP contribution >= 0.6 is 0 Å². The topological polar surface area (TPSA) is 59.0 Å². The zero-order valence-electron chi connectivity index (χ0n) is 15.5. The van der Waals surface area contributed by atoms with Crippen molar-refractivity contribution in [2.24, 2.45) is 0 Å². The molecule has 6 heteroatoms. The second kappa shape index (κ2) is 11.3. The predicted octanol–water partition coefficient (Wildman–Crippen LogP) is 2.90. The number of halogens is 1. The molecular weight excluding hydrogens is 337 g/mol. The fourth-order valence-electron chi connectivity index (χ4n) is 3.34. The standard InChI is InChI=1S/C20H30FNO4/c1-25-20(24)15-22(18-5-3-2-4-6-18)19(23)12-14-26-13-11-16-7-9-17(21)10-8-16/h7-10,18,20,24H,2-6,11-15H2,1H3. The van der Waals surface area contributed by atoms with E-state index in [1.807, 2.05) is 0 Å². The van der Waals surface area contributed by atoms with Crippen LogP contribution in [0, 0.1) is 5.82 Å². The molecule has 1 amide bonds. The molecule has 1 unspecified atom stereocenters. The predicted molar refractivity (Wildman–Crippen MR) is 97.1 cm³/mol. The van der Waals surface area contributed by atoms with Crippen molar-refractivity contribution in [1.29, 1.82) is 0 Å². The van der Waals surface area contributed by atoms with Crippen molar-refractivity contribution in [3.8, 4) is 0 Å². The van der Waals surface area contributed by atoms with Crippen LogP contribution < -0.4 is 0 Å². The number of methoxy groups -OCH3 is 1. The maximum Gasteiger partial charge on any atom is 0.225 e. The molecule has 146 valence electrons. The number of carbonyl (C=O) groups is 1. The number of aliphatic hydroxyl groups is 1. The van der Waals surface area contributed by atoms with Crippen LogP contribution in [0.5, 0.6) is 0 Å². The van der Waals surface area contributed by atoms with E-state index in [9.17, 15) is 14.3 Å². The van der Waals surface area contributed by atoms with Gasteiger partial charge in [-0.3, -0.25) is 4.79 Å². The summed E-state index contributed by atoms with van der Waals surface area (Å²) in [7, 11) is 1.44. The van der Waals surface area contributed by atoms with Crippen LogP contribution in [0.3, 0.4) is 0 Å². The van der Waals surface area contributed by atoms with Crippen molar-refractivity contribution >= 4 is 5.91 Å². The Morgan fingerprint density at radius 3 is 2.58 bits per heavy atom. The first-order valence-corrected chi connectivity index (χ1v) is 9.42. The van der Waals surface area contributed by atoms with E-state index in [0.717, 1.165) is 31.2 Å². The Hall–Kier alpha value is -1.50. The monoisotopic (exact) mass is 367 g/mol. The van der Waals surface area contributed by atoms with Gasteiger partial charge in [0.1, 0.15) is 5.82 Å². The number of rotatable bonds is 10. The number of nitrogens with zero attached hydrogens (tertiary/aromatic N) is 1. The van der Waals surface area contributed by atoms with Crippen LogP contribution in [0.1, 0.15) is 44.1 Å². The zero-order valence-corrected chi connectivity index (χ0v) is 15.5. The summed E-state index contributed by atoms with van der Waals surface area (Å²) >= 11 is 0. The minimum atomic E-state index is -0.958. The molecular formula is C20H30FNO4. The van der Waals surface area contributed by atoms with Gasteiger partial charge < -0.3 is 19.5 Å². The normalized spacial score (nSPS) is 16.4. The lowest BCUT2D eigenvalue weighted by Crippen LogP contribution is -2.46. The lowest BCUT2D eigenvalue weighted by molar-refractivity contribution is -0.146. The summed E-state index contributed by atoms with van der Waals surface area (Å²) in [6.45, 7) is 1.03. The first-order chi connectivity index (χ1) is 12.6.